The van der Waals surface area contributed by atoms with Crippen molar-refractivity contribution in [2.24, 2.45) is 0 Å². The number of pyridine rings is 1. The smallest absolute Gasteiger partial charge is 0.212 e. The van der Waals surface area contributed by atoms with Gasteiger partial charge in [-0.3, -0.25) is 0 Å². The maximum atomic E-state index is 2.37. The van der Waals surface area contributed by atoms with Gasteiger partial charge in [0.2, 0.25) is 5.52 Å². The highest BCUT2D eigenvalue weighted by Gasteiger charge is 2.10. The summed E-state index contributed by atoms with van der Waals surface area (Å²) in [5, 5.41) is 1.37. The molecule has 0 saturated heterocycles. The van der Waals surface area contributed by atoms with Crippen LogP contribution in [0.3, 0.4) is 0 Å². The third-order valence-corrected chi connectivity index (χ3v) is 3.22. The van der Waals surface area contributed by atoms with Crippen LogP contribution in [0.25, 0.3) is 10.9 Å². The average Bonchev–Trinajstić information content (AvgIpc) is 2.32. The van der Waals surface area contributed by atoms with Crippen molar-refractivity contribution >= 4 is 10.9 Å². The van der Waals surface area contributed by atoms with Gasteiger partial charge >= 0.3 is 0 Å². The van der Waals surface area contributed by atoms with Gasteiger partial charge in [0.25, 0.3) is 0 Å². The highest BCUT2D eigenvalue weighted by molar-refractivity contribution is 5.78. The molecule has 1 aromatic carbocycles. The quantitative estimate of drug-likeness (QED) is 0.624. The molecule has 0 atom stereocenters. The van der Waals surface area contributed by atoms with E-state index in [0.717, 1.165) is 6.54 Å². The second-order valence-electron chi connectivity index (χ2n) is 5.02. The zero-order valence-corrected chi connectivity index (χ0v) is 13.0. The van der Waals surface area contributed by atoms with Crippen LogP contribution < -0.4 is 26.4 Å². The largest absolute Gasteiger partial charge is 1.00 e. The Morgan fingerprint density at radius 2 is 1.83 bits per heavy atom. The summed E-state index contributed by atoms with van der Waals surface area (Å²) in [7, 11) is 4.41. The molecular weight excluding hydrogens is 288 g/mol. The Morgan fingerprint density at radius 3 is 2.56 bits per heavy atom. The second kappa shape index (κ2) is 6.86. The van der Waals surface area contributed by atoms with Crippen LogP contribution in [0.15, 0.2) is 36.5 Å². The van der Waals surface area contributed by atoms with Crippen molar-refractivity contribution in [3.63, 3.8) is 0 Å². The van der Waals surface area contributed by atoms with Gasteiger partial charge in [-0.05, 0) is 18.6 Å². The summed E-state index contributed by atoms with van der Waals surface area (Å²) in [6.45, 7) is 4.50. The van der Waals surface area contributed by atoms with Gasteiger partial charge in [0.05, 0.1) is 27.1 Å². The first kappa shape index (κ1) is 15.1. The summed E-state index contributed by atoms with van der Waals surface area (Å²) in [6.07, 6.45) is 3.43. The summed E-state index contributed by atoms with van der Waals surface area (Å²) in [5.74, 6) is 0. The average molecular weight is 310 g/mol. The number of halogens is 1. The highest BCUT2D eigenvalue weighted by Crippen LogP contribution is 2.13. The first-order valence-electron chi connectivity index (χ1n) is 6.35. The number of rotatable bonds is 4. The standard InChI is InChI=1S/C15H21N2.BrH/c1-13-9-12-17(11-6-10-16(2)3)15-8-5-4-7-14(13)15;/h4-5,7-9,12H,6,10-11H2,1-3H3;1H/q+1;. The molecule has 98 valence electrons. The molecule has 0 fully saturated rings. The Labute approximate surface area is 120 Å². The molecule has 0 saturated carbocycles. The topological polar surface area (TPSA) is 8.32 Å². The third kappa shape index (κ3) is 3.53. The number of hydrogen-bond acceptors (Lipinski definition) is 0. The van der Waals surface area contributed by atoms with Gasteiger partial charge in [-0.1, -0.05) is 12.1 Å². The number of quaternary nitrogens is 1. The summed E-state index contributed by atoms with van der Waals surface area (Å²) in [4.78, 5) is 1.52. The minimum absolute atomic E-state index is 0. The Bertz CT molecular complexity index is 509. The molecule has 1 heterocycles. The van der Waals surface area contributed by atoms with Gasteiger partial charge in [0.15, 0.2) is 12.7 Å². The minimum atomic E-state index is 0. The van der Waals surface area contributed by atoms with E-state index in [1.807, 2.05) is 0 Å². The molecule has 18 heavy (non-hydrogen) atoms. The third-order valence-electron chi connectivity index (χ3n) is 3.22. The molecule has 0 bridgehead atoms. The molecule has 0 radical (unpaired) electrons. The van der Waals surface area contributed by atoms with Gasteiger partial charge in [-0.15, -0.1) is 0 Å². The van der Waals surface area contributed by atoms with Gasteiger partial charge in [-0.25, -0.2) is 0 Å². The van der Waals surface area contributed by atoms with Crippen LogP contribution in [-0.4, -0.2) is 20.6 Å². The van der Waals surface area contributed by atoms with Gasteiger partial charge in [0, 0.05) is 17.5 Å². The molecule has 0 aliphatic rings. The van der Waals surface area contributed by atoms with E-state index in [1.165, 1.54) is 34.3 Å². The van der Waals surface area contributed by atoms with Crippen LogP contribution in [0.2, 0.25) is 0 Å². The SMILES string of the molecule is Cc1cc[n+](CCC[NH+](C)C)c2ccccc12.[Br-]. The predicted molar refractivity (Wildman–Crippen MR) is 71.2 cm³/mol. The number of aryl methyl sites for hydroxylation is 2. The molecule has 1 aromatic heterocycles. The molecular formula is C15H22BrN2+. The first-order valence-corrected chi connectivity index (χ1v) is 6.35. The molecule has 1 N–H and O–H groups in total. The normalized spacial score (nSPS) is 10.7. The van der Waals surface area contributed by atoms with Crippen molar-refractivity contribution in [1.29, 1.82) is 0 Å². The fraction of sp³-hybridized carbons (Fsp3) is 0.400. The van der Waals surface area contributed by atoms with Crippen LogP contribution in [-0.2, 0) is 6.54 Å². The van der Waals surface area contributed by atoms with Crippen LogP contribution >= 0.6 is 0 Å². The minimum Gasteiger partial charge on any atom is -1.00 e. The molecule has 0 aliphatic carbocycles. The second-order valence-corrected chi connectivity index (χ2v) is 5.02. The Kier molecular flexibility index (Phi) is 5.76. The fourth-order valence-corrected chi connectivity index (χ4v) is 2.23. The molecule has 0 unspecified atom stereocenters. The summed E-state index contributed by atoms with van der Waals surface area (Å²) in [6, 6.07) is 10.9. The van der Waals surface area contributed by atoms with Crippen molar-refractivity contribution in [3.8, 4) is 0 Å². The van der Waals surface area contributed by atoms with Gasteiger partial charge in [-0.2, -0.15) is 4.57 Å². The Hall–Kier alpha value is -0.930. The lowest BCUT2D eigenvalue weighted by Crippen LogP contribution is -3.05. The molecule has 2 aromatic rings. The van der Waals surface area contributed by atoms with E-state index in [4.69, 9.17) is 0 Å². The number of nitrogens with zero attached hydrogens (tertiary/aromatic N) is 1. The lowest BCUT2D eigenvalue weighted by atomic mass is 10.1. The van der Waals surface area contributed by atoms with E-state index in [2.05, 4.69) is 62.1 Å². The van der Waals surface area contributed by atoms with Crippen LogP contribution in [0.5, 0.6) is 0 Å². The van der Waals surface area contributed by atoms with E-state index in [9.17, 15) is 0 Å². The molecule has 0 spiro atoms. The Morgan fingerprint density at radius 1 is 1.11 bits per heavy atom. The van der Waals surface area contributed by atoms with Crippen molar-refractivity contribution < 1.29 is 26.4 Å². The number of para-hydroxylation sites is 1. The van der Waals surface area contributed by atoms with E-state index in [0.29, 0.717) is 0 Å². The van der Waals surface area contributed by atoms with E-state index in [-0.39, 0.29) is 17.0 Å². The maximum Gasteiger partial charge on any atom is 0.212 e. The molecule has 2 nitrogen and oxygen atoms in total. The first-order chi connectivity index (χ1) is 8.18. The maximum absolute atomic E-state index is 2.37. The monoisotopic (exact) mass is 309 g/mol. The number of nitrogens with one attached hydrogen (secondary N) is 1. The van der Waals surface area contributed by atoms with Crippen LogP contribution in [0.1, 0.15) is 12.0 Å². The zero-order valence-electron chi connectivity index (χ0n) is 11.4. The molecule has 2 rings (SSSR count). The summed E-state index contributed by atoms with van der Waals surface area (Å²) >= 11 is 0. The van der Waals surface area contributed by atoms with E-state index >= 15 is 0 Å². The molecule has 0 aliphatic heterocycles. The number of benzene rings is 1. The van der Waals surface area contributed by atoms with Crippen LogP contribution in [0.4, 0.5) is 0 Å². The van der Waals surface area contributed by atoms with Crippen molar-refractivity contribution in [1.82, 2.24) is 0 Å². The molecule has 3 heteroatoms. The van der Waals surface area contributed by atoms with Gasteiger partial charge < -0.3 is 21.9 Å². The molecule has 0 amide bonds. The van der Waals surface area contributed by atoms with Crippen molar-refractivity contribution in [2.45, 2.75) is 19.9 Å². The van der Waals surface area contributed by atoms with Crippen molar-refractivity contribution in [2.75, 3.05) is 20.6 Å². The summed E-state index contributed by atoms with van der Waals surface area (Å²) in [5.41, 5.74) is 2.70. The van der Waals surface area contributed by atoms with Crippen LogP contribution in [0, 0.1) is 6.92 Å². The highest BCUT2D eigenvalue weighted by atomic mass is 79.9. The lowest BCUT2D eigenvalue weighted by molar-refractivity contribution is -0.861. The lowest BCUT2D eigenvalue weighted by Gasteiger charge is -2.06. The van der Waals surface area contributed by atoms with E-state index in [1.54, 1.807) is 0 Å². The predicted octanol–water partition coefficient (Wildman–Crippen LogP) is -2.03. The van der Waals surface area contributed by atoms with Gasteiger partial charge in [0.1, 0.15) is 0 Å². The number of fused-ring (bicyclic) bond motifs is 1. The fourth-order valence-electron chi connectivity index (χ4n) is 2.23. The Balaban J connectivity index is 0.00000162. The summed E-state index contributed by atoms with van der Waals surface area (Å²) < 4.78 is 2.37. The number of hydrogen-bond donors (Lipinski definition) is 1. The van der Waals surface area contributed by atoms with E-state index < -0.39 is 0 Å². The van der Waals surface area contributed by atoms with Crippen molar-refractivity contribution in [3.05, 3.63) is 42.1 Å². The number of aromatic nitrogens is 1. The zero-order chi connectivity index (χ0) is 12.3.